The molecule has 0 saturated heterocycles. The number of imidazole rings is 1. The van der Waals surface area contributed by atoms with Crippen molar-refractivity contribution in [1.29, 1.82) is 0 Å². The first-order chi connectivity index (χ1) is 7.83. The molecule has 0 atom stereocenters. The van der Waals surface area contributed by atoms with Gasteiger partial charge < -0.3 is 4.98 Å². The number of nitrogens with zero attached hydrogens (tertiary/aromatic N) is 3. The van der Waals surface area contributed by atoms with Crippen molar-refractivity contribution in [3.63, 3.8) is 0 Å². The molecule has 0 amide bonds. The van der Waals surface area contributed by atoms with Crippen LogP contribution in [0.25, 0.3) is 22.6 Å². The minimum atomic E-state index is -0.235. The second-order valence-corrected chi connectivity index (χ2v) is 3.28. The first kappa shape index (κ1) is 8.78. The highest BCUT2D eigenvalue weighted by molar-refractivity contribution is 5.77. The number of pyridine rings is 1. The highest BCUT2D eigenvalue weighted by atomic mass is 16.1. The van der Waals surface area contributed by atoms with Gasteiger partial charge in [0.2, 0.25) is 0 Å². The number of aromatic nitrogens is 5. The summed E-state index contributed by atoms with van der Waals surface area (Å²) in [5.74, 6) is 0.610. The summed E-state index contributed by atoms with van der Waals surface area (Å²) in [6.45, 7) is 0. The summed E-state index contributed by atoms with van der Waals surface area (Å²) in [4.78, 5) is 22.3. The zero-order valence-electron chi connectivity index (χ0n) is 8.14. The van der Waals surface area contributed by atoms with Crippen molar-refractivity contribution in [1.82, 2.24) is 25.1 Å². The average molecular weight is 213 g/mol. The van der Waals surface area contributed by atoms with Crippen LogP contribution < -0.4 is 5.56 Å². The topological polar surface area (TPSA) is 87.3 Å². The van der Waals surface area contributed by atoms with Gasteiger partial charge in [0.25, 0.3) is 5.56 Å². The van der Waals surface area contributed by atoms with Gasteiger partial charge in [0.05, 0.1) is 17.2 Å². The summed E-state index contributed by atoms with van der Waals surface area (Å²) in [5.41, 5.74) is 2.01. The summed E-state index contributed by atoms with van der Waals surface area (Å²) in [5, 5.41) is 6.25. The lowest BCUT2D eigenvalue weighted by molar-refractivity contribution is 0.985. The number of H-pyrrole nitrogens is 2. The monoisotopic (exact) mass is 213 g/mol. The van der Waals surface area contributed by atoms with E-state index in [2.05, 4.69) is 25.1 Å². The number of nitrogens with one attached hydrogen (secondary N) is 2. The molecule has 3 rings (SSSR count). The van der Waals surface area contributed by atoms with Gasteiger partial charge >= 0.3 is 0 Å². The molecule has 0 aliphatic rings. The molecule has 0 aliphatic heterocycles. The standard InChI is InChI=1S/C10H7N5O/c16-9-2-1-7(14-15-9)10-12-6-3-4-11-5-8(6)13-10/h1-5H,(H,12,13)(H,15,16). The van der Waals surface area contributed by atoms with E-state index in [0.29, 0.717) is 11.5 Å². The summed E-state index contributed by atoms with van der Waals surface area (Å²) in [7, 11) is 0. The lowest BCUT2D eigenvalue weighted by Gasteiger charge is -1.91. The van der Waals surface area contributed by atoms with Crippen molar-refractivity contribution in [3.8, 4) is 11.5 Å². The zero-order chi connectivity index (χ0) is 11.0. The molecule has 16 heavy (non-hydrogen) atoms. The van der Waals surface area contributed by atoms with Crippen LogP contribution in [0.3, 0.4) is 0 Å². The van der Waals surface area contributed by atoms with Crippen LogP contribution in [0.4, 0.5) is 0 Å². The van der Waals surface area contributed by atoms with Crippen LogP contribution in [0.5, 0.6) is 0 Å². The summed E-state index contributed by atoms with van der Waals surface area (Å²) in [6.07, 6.45) is 3.37. The quantitative estimate of drug-likeness (QED) is 0.623. The summed E-state index contributed by atoms with van der Waals surface area (Å²) >= 11 is 0. The maximum Gasteiger partial charge on any atom is 0.264 e. The fourth-order valence-electron chi connectivity index (χ4n) is 1.45. The number of fused-ring (bicyclic) bond motifs is 1. The molecule has 6 heteroatoms. The number of hydrogen-bond donors (Lipinski definition) is 2. The van der Waals surface area contributed by atoms with Crippen molar-refractivity contribution in [2.75, 3.05) is 0 Å². The molecule has 2 N–H and O–H groups in total. The Morgan fingerprint density at radius 1 is 1.19 bits per heavy atom. The average Bonchev–Trinajstić information content (AvgIpc) is 2.73. The zero-order valence-corrected chi connectivity index (χ0v) is 8.14. The number of rotatable bonds is 1. The van der Waals surface area contributed by atoms with Crippen molar-refractivity contribution >= 4 is 11.0 Å². The predicted octanol–water partition coefficient (Wildman–Crippen LogP) is 0.708. The van der Waals surface area contributed by atoms with Crippen molar-refractivity contribution in [2.24, 2.45) is 0 Å². The molecule has 0 saturated carbocycles. The Hall–Kier alpha value is -2.50. The van der Waals surface area contributed by atoms with E-state index in [0.717, 1.165) is 11.0 Å². The van der Waals surface area contributed by atoms with Crippen LogP contribution in [-0.2, 0) is 0 Å². The maximum atomic E-state index is 10.9. The SMILES string of the molecule is O=c1ccc(-c2nc3ccncc3[nH]2)n[nH]1. The molecule has 0 aromatic carbocycles. The van der Waals surface area contributed by atoms with Crippen LogP contribution in [-0.4, -0.2) is 25.1 Å². The van der Waals surface area contributed by atoms with E-state index >= 15 is 0 Å². The van der Waals surface area contributed by atoms with E-state index < -0.39 is 0 Å². The number of hydrogen-bond acceptors (Lipinski definition) is 4. The fourth-order valence-corrected chi connectivity index (χ4v) is 1.45. The molecule has 0 fully saturated rings. The van der Waals surface area contributed by atoms with Crippen molar-refractivity contribution < 1.29 is 0 Å². The van der Waals surface area contributed by atoms with E-state index in [9.17, 15) is 4.79 Å². The van der Waals surface area contributed by atoms with Crippen molar-refractivity contribution in [3.05, 3.63) is 40.9 Å². The molecule has 78 valence electrons. The van der Waals surface area contributed by atoms with Gasteiger partial charge in [-0.2, -0.15) is 5.10 Å². The molecule has 3 aromatic rings. The molecule has 0 unspecified atom stereocenters. The van der Waals surface area contributed by atoms with Gasteiger partial charge in [-0.1, -0.05) is 0 Å². The Labute approximate surface area is 89.4 Å². The lowest BCUT2D eigenvalue weighted by Crippen LogP contribution is -2.05. The van der Waals surface area contributed by atoms with E-state index in [-0.39, 0.29) is 5.56 Å². The number of aromatic amines is 2. The maximum absolute atomic E-state index is 10.9. The third-order valence-electron chi connectivity index (χ3n) is 2.21. The molecule has 3 heterocycles. The van der Waals surface area contributed by atoms with Gasteiger partial charge in [0.15, 0.2) is 5.82 Å². The largest absolute Gasteiger partial charge is 0.335 e. The van der Waals surface area contributed by atoms with E-state index in [1.54, 1.807) is 24.5 Å². The minimum Gasteiger partial charge on any atom is -0.335 e. The van der Waals surface area contributed by atoms with E-state index in [4.69, 9.17) is 0 Å². The Morgan fingerprint density at radius 2 is 2.12 bits per heavy atom. The molecule has 6 nitrogen and oxygen atoms in total. The highest BCUT2D eigenvalue weighted by Gasteiger charge is 2.05. The summed E-state index contributed by atoms with van der Waals surface area (Å²) in [6, 6.07) is 4.83. The normalized spacial score (nSPS) is 10.8. The Kier molecular flexibility index (Phi) is 1.79. The van der Waals surface area contributed by atoms with E-state index in [1.807, 2.05) is 0 Å². The Bertz CT molecular complexity index is 646. The molecule has 3 aromatic heterocycles. The molecular weight excluding hydrogens is 206 g/mol. The van der Waals surface area contributed by atoms with Crippen LogP contribution in [0.1, 0.15) is 0 Å². The molecule has 0 spiro atoms. The van der Waals surface area contributed by atoms with Crippen molar-refractivity contribution in [2.45, 2.75) is 0 Å². The first-order valence-electron chi connectivity index (χ1n) is 4.69. The van der Waals surface area contributed by atoms with Gasteiger partial charge in [-0.3, -0.25) is 9.78 Å². The third kappa shape index (κ3) is 1.36. The molecule has 0 aliphatic carbocycles. The second-order valence-electron chi connectivity index (χ2n) is 3.28. The van der Waals surface area contributed by atoms with Crippen LogP contribution >= 0.6 is 0 Å². The first-order valence-corrected chi connectivity index (χ1v) is 4.69. The van der Waals surface area contributed by atoms with Gasteiger partial charge in [-0.05, 0) is 12.1 Å². The van der Waals surface area contributed by atoms with Crippen LogP contribution in [0, 0.1) is 0 Å². The fraction of sp³-hybridized carbons (Fsp3) is 0. The Morgan fingerprint density at radius 3 is 2.88 bits per heavy atom. The van der Waals surface area contributed by atoms with Gasteiger partial charge in [0, 0.05) is 12.3 Å². The minimum absolute atomic E-state index is 0.235. The van der Waals surface area contributed by atoms with Gasteiger partial charge in [0.1, 0.15) is 5.69 Å². The van der Waals surface area contributed by atoms with Crippen LogP contribution in [0.15, 0.2) is 35.4 Å². The molecule has 0 radical (unpaired) electrons. The highest BCUT2D eigenvalue weighted by Crippen LogP contribution is 2.15. The third-order valence-corrected chi connectivity index (χ3v) is 2.21. The smallest absolute Gasteiger partial charge is 0.264 e. The van der Waals surface area contributed by atoms with Gasteiger partial charge in [-0.25, -0.2) is 10.1 Å². The molecular formula is C10H7N5O. The van der Waals surface area contributed by atoms with Gasteiger partial charge in [-0.15, -0.1) is 0 Å². The molecule has 0 bridgehead atoms. The van der Waals surface area contributed by atoms with Crippen LogP contribution in [0.2, 0.25) is 0 Å². The Balaban J connectivity index is 2.19. The summed E-state index contributed by atoms with van der Waals surface area (Å²) < 4.78 is 0. The second kappa shape index (κ2) is 3.27. The predicted molar refractivity (Wildman–Crippen MR) is 57.7 cm³/mol. The lowest BCUT2D eigenvalue weighted by atomic mass is 10.4. The van der Waals surface area contributed by atoms with E-state index in [1.165, 1.54) is 6.07 Å².